The second-order valence-corrected chi connectivity index (χ2v) is 9.10. The topological polar surface area (TPSA) is 94.8 Å². The van der Waals surface area contributed by atoms with Crippen molar-refractivity contribution in [2.24, 2.45) is 0 Å². The van der Waals surface area contributed by atoms with Crippen molar-refractivity contribution in [3.05, 3.63) is 35.7 Å². The van der Waals surface area contributed by atoms with Crippen LogP contribution >= 0.6 is 0 Å². The maximum Gasteiger partial charge on any atom is 0.416 e. The predicted octanol–water partition coefficient (Wildman–Crippen LogP) is 2.76. The Kier molecular flexibility index (Phi) is 6.38. The molecule has 0 aliphatic carbocycles. The molecule has 4 rings (SSSR count). The van der Waals surface area contributed by atoms with E-state index in [4.69, 9.17) is 4.52 Å². The monoisotopic (exact) mass is 480 g/mol. The van der Waals surface area contributed by atoms with Gasteiger partial charge in [-0.2, -0.15) is 18.2 Å². The molecule has 1 N–H and O–H groups in total. The molecule has 2 aliphatic heterocycles. The fourth-order valence-electron chi connectivity index (χ4n) is 4.15. The van der Waals surface area contributed by atoms with Crippen LogP contribution in [0.5, 0.6) is 0 Å². The van der Waals surface area contributed by atoms with Gasteiger partial charge >= 0.3 is 12.2 Å². The highest BCUT2D eigenvalue weighted by molar-refractivity contribution is 6.06. The molecule has 0 bridgehead atoms. The van der Waals surface area contributed by atoms with Crippen molar-refractivity contribution in [1.82, 2.24) is 30.2 Å². The molecular weight excluding hydrogens is 453 g/mol. The van der Waals surface area contributed by atoms with Crippen molar-refractivity contribution >= 4 is 11.9 Å². The van der Waals surface area contributed by atoms with Crippen LogP contribution in [0.15, 0.2) is 28.8 Å². The molecule has 3 heterocycles. The Labute approximate surface area is 194 Å². The molecule has 0 radical (unpaired) electrons. The van der Waals surface area contributed by atoms with E-state index >= 15 is 0 Å². The minimum atomic E-state index is -4.45. The van der Waals surface area contributed by atoms with Gasteiger partial charge < -0.3 is 9.84 Å². The van der Waals surface area contributed by atoms with Crippen molar-refractivity contribution < 1.29 is 27.3 Å². The number of rotatable bonds is 6. The number of aromatic nitrogens is 2. The van der Waals surface area contributed by atoms with Gasteiger partial charge in [-0.1, -0.05) is 17.3 Å². The van der Waals surface area contributed by atoms with Gasteiger partial charge in [-0.05, 0) is 32.9 Å². The molecule has 0 saturated carbocycles. The number of imide groups is 1. The first-order chi connectivity index (χ1) is 16.0. The van der Waals surface area contributed by atoms with Crippen LogP contribution < -0.4 is 5.32 Å². The van der Waals surface area contributed by atoms with Gasteiger partial charge in [-0.15, -0.1) is 0 Å². The second-order valence-electron chi connectivity index (χ2n) is 9.10. The summed E-state index contributed by atoms with van der Waals surface area (Å²) in [4.78, 5) is 34.3. The number of halogens is 3. The quantitative estimate of drug-likeness (QED) is 0.636. The molecule has 0 spiro atoms. The third-order valence-corrected chi connectivity index (χ3v) is 6.29. The van der Waals surface area contributed by atoms with Crippen molar-refractivity contribution in [2.45, 2.75) is 38.5 Å². The van der Waals surface area contributed by atoms with Gasteiger partial charge in [0, 0.05) is 44.8 Å². The third kappa shape index (κ3) is 4.92. The van der Waals surface area contributed by atoms with E-state index in [1.54, 1.807) is 13.8 Å². The standard InChI is InChI=1S/C22H27F3N6O3/c1-14(18-26-17(28-34-18)15-5-4-6-16(13-15)22(23,24)25)30-10-7-29(8-11-30)9-12-31-19(32)21(2,3)27-20(31)33/h4-6,13-14H,7-12H2,1-3H3,(H,27,33). The molecule has 9 nitrogen and oxygen atoms in total. The zero-order chi connectivity index (χ0) is 24.7. The van der Waals surface area contributed by atoms with Crippen LogP contribution in [-0.2, 0) is 11.0 Å². The molecule has 1 aromatic carbocycles. The summed E-state index contributed by atoms with van der Waals surface area (Å²) in [7, 11) is 0. The summed E-state index contributed by atoms with van der Waals surface area (Å²) < 4.78 is 44.3. The van der Waals surface area contributed by atoms with Gasteiger partial charge in [0.2, 0.25) is 11.7 Å². The number of carbonyl (C=O) groups is 2. The maximum absolute atomic E-state index is 13.0. The lowest BCUT2D eigenvalue weighted by molar-refractivity contribution is -0.137. The maximum atomic E-state index is 13.0. The number of urea groups is 1. The minimum absolute atomic E-state index is 0.114. The van der Waals surface area contributed by atoms with E-state index in [9.17, 15) is 22.8 Å². The number of benzene rings is 1. The number of hydrogen-bond acceptors (Lipinski definition) is 7. The Morgan fingerprint density at radius 3 is 2.47 bits per heavy atom. The fourth-order valence-corrected chi connectivity index (χ4v) is 4.15. The second kappa shape index (κ2) is 8.99. The van der Waals surface area contributed by atoms with E-state index in [2.05, 4.69) is 25.3 Å². The lowest BCUT2D eigenvalue weighted by atomic mass is 10.1. The number of nitrogens with zero attached hydrogens (tertiary/aromatic N) is 5. The average Bonchev–Trinajstić information content (AvgIpc) is 3.35. The van der Waals surface area contributed by atoms with Crippen molar-refractivity contribution in [2.75, 3.05) is 39.3 Å². The molecule has 2 saturated heterocycles. The zero-order valence-corrected chi connectivity index (χ0v) is 19.2. The highest BCUT2D eigenvalue weighted by Gasteiger charge is 2.44. The van der Waals surface area contributed by atoms with Gasteiger partial charge in [0.1, 0.15) is 5.54 Å². The summed E-state index contributed by atoms with van der Waals surface area (Å²) in [5.74, 6) is 0.225. The highest BCUT2D eigenvalue weighted by atomic mass is 19.4. The molecule has 1 unspecified atom stereocenters. The summed E-state index contributed by atoms with van der Waals surface area (Å²) in [5.41, 5.74) is -1.40. The summed E-state index contributed by atoms with van der Waals surface area (Å²) in [6, 6.07) is 4.26. The van der Waals surface area contributed by atoms with Crippen molar-refractivity contribution in [1.29, 1.82) is 0 Å². The zero-order valence-electron chi connectivity index (χ0n) is 19.2. The molecule has 2 aromatic rings. The largest absolute Gasteiger partial charge is 0.416 e. The van der Waals surface area contributed by atoms with Crippen LogP contribution in [0.2, 0.25) is 0 Å². The first kappa shape index (κ1) is 24.1. The fraction of sp³-hybridized carbons (Fsp3) is 0.545. The van der Waals surface area contributed by atoms with Crippen molar-refractivity contribution in [3.63, 3.8) is 0 Å². The Balaban J connectivity index is 1.31. The number of carbonyl (C=O) groups excluding carboxylic acids is 2. The van der Waals surface area contributed by atoms with Gasteiger partial charge in [-0.3, -0.25) is 19.5 Å². The highest BCUT2D eigenvalue weighted by Crippen LogP contribution is 2.32. The number of hydrogen-bond donors (Lipinski definition) is 1. The van der Waals surface area contributed by atoms with E-state index in [0.717, 1.165) is 25.2 Å². The Bertz CT molecular complexity index is 1060. The number of alkyl halides is 3. The van der Waals surface area contributed by atoms with Crippen LogP contribution in [-0.4, -0.2) is 81.6 Å². The van der Waals surface area contributed by atoms with Crippen LogP contribution in [0.4, 0.5) is 18.0 Å². The van der Waals surface area contributed by atoms with E-state index in [0.29, 0.717) is 32.1 Å². The molecule has 184 valence electrons. The summed E-state index contributed by atoms with van der Waals surface area (Å²) >= 11 is 0. The minimum Gasteiger partial charge on any atom is -0.337 e. The van der Waals surface area contributed by atoms with E-state index in [1.807, 2.05) is 6.92 Å². The summed E-state index contributed by atoms with van der Waals surface area (Å²) in [6.07, 6.45) is -4.45. The van der Waals surface area contributed by atoms with Crippen molar-refractivity contribution in [3.8, 4) is 11.4 Å². The summed E-state index contributed by atoms with van der Waals surface area (Å²) in [6.45, 7) is 9.05. The van der Waals surface area contributed by atoms with Crippen LogP contribution in [0.25, 0.3) is 11.4 Å². The van der Waals surface area contributed by atoms with Gasteiger partial charge in [0.05, 0.1) is 11.6 Å². The molecule has 12 heteroatoms. The van der Waals surface area contributed by atoms with Gasteiger partial charge in [-0.25, -0.2) is 4.79 Å². The number of piperazine rings is 1. The van der Waals surface area contributed by atoms with Gasteiger partial charge in [0.15, 0.2) is 0 Å². The number of nitrogens with one attached hydrogen (secondary N) is 1. The Morgan fingerprint density at radius 2 is 1.85 bits per heavy atom. The molecular formula is C22H27F3N6O3. The van der Waals surface area contributed by atoms with Gasteiger partial charge in [0.25, 0.3) is 5.91 Å². The predicted molar refractivity (Wildman–Crippen MR) is 115 cm³/mol. The first-order valence-electron chi connectivity index (χ1n) is 11.1. The molecule has 2 fully saturated rings. The lowest BCUT2D eigenvalue weighted by Gasteiger charge is -2.37. The Hall–Kier alpha value is -2.99. The third-order valence-electron chi connectivity index (χ3n) is 6.29. The SMILES string of the molecule is CC(c1nc(-c2cccc(C(F)(F)F)c2)no1)N1CCN(CCN2C(=O)NC(C)(C)C2=O)CC1. The van der Waals surface area contributed by atoms with E-state index in [1.165, 1.54) is 17.0 Å². The first-order valence-corrected chi connectivity index (χ1v) is 11.1. The Morgan fingerprint density at radius 1 is 1.15 bits per heavy atom. The summed E-state index contributed by atoms with van der Waals surface area (Å²) in [5, 5.41) is 6.55. The average molecular weight is 480 g/mol. The number of amides is 3. The molecule has 1 aromatic heterocycles. The van der Waals surface area contributed by atoms with E-state index in [-0.39, 0.29) is 29.4 Å². The molecule has 34 heavy (non-hydrogen) atoms. The molecule has 2 aliphatic rings. The lowest BCUT2D eigenvalue weighted by Crippen LogP contribution is -2.49. The molecule has 1 atom stereocenters. The smallest absolute Gasteiger partial charge is 0.337 e. The molecule has 3 amide bonds. The van der Waals surface area contributed by atoms with Crippen LogP contribution in [0, 0.1) is 0 Å². The van der Waals surface area contributed by atoms with E-state index < -0.39 is 17.3 Å². The van der Waals surface area contributed by atoms with Crippen LogP contribution in [0.3, 0.4) is 0 Å². The normalized spacial score (nSPS) is 20.6. The van der Waals surface area contributed by atoms with Crippen LogP contribution in [0.1, 0.15) is 38.3 Å².